The van der Waals surface area contributed by atoms with E-state index in [4.69, 9.17) is 0 Å². The first-order chi connectivity index (χ1) is 6.04. The maximum absolute atomic E-state index is 10.4. The average Bonchev–Trinajstić information content (AvgIpc) is 2.04. The van der Waals surface area contributed by atoms with Crippen LogP contribution in [0, 0.1) is 0 Å². The van der Waals surface area contributed by atoms with E-state index in [1.54, 1.807) is 13.8 Å². The number of rotatable bonds is 5. The van der Waals surface area contributed by atoms with Gasteiger partial charge in [0.1, 0.15) is 0 Å². The highest BCUT2D eigenvalue weighted by Gasteiger charge is 2.06. The summed E-state index contributed by atoms with van der Waals surface area (Å²) >= 11 is 0. The van der Waals surface area contributed by atoms with Gasteiger partial charge in [-0.15, -0.1) is 0 Å². The van der Waals surface area contributed by atoms with Crippen molar-refractivity contribution in [2.45, 2.75) is 40.5 Å². The van der Waals surface area contributed by atoms with Crippen LogP contribution >= 0.6 is 0 Å². The minimum absolute atomic E-state index is 0.113. The molecular formula is C8H20O4S. The smallest absolute Gasteiger partial charge is 0.248 e. The Labute approximate surface area is 81.6 Å². The van der Waals surface area contributed by atoms with Crippen LogP contribution in [0.4, 0.5) is 0 Å². The molecule has 0 saturated heterocycles. The second kappa shape index (κ2) is 9.95. The normalized spacial score (nSPS) is 10.5. The van der Waals surface area contributed by atoms with Gasteiger partial charge < -0.3 is 0 Å². The van der Waals surface area contributed by atoms with E-state index in [0.29, 0.717) is 0 Å². The Morgan fingerprint density at radius 3 is 1.31 bits per heavy atom. The maximum Gasteiger partial charge on any atom is 0.399 e. The molecular weight excluding hydrogens is 192 g/mol. The van der Waals surface area contributed by atoms with E-state index in [0.717, 1.165) is 0 Å². The molecule has 0 aromatic rings. The molecule has 82 valence electrons. The molecule has 0 bridgehead atoms. The molecule has 0 aromatic carbocycles. The predicted molar refractivity (Wildman–Crippen MR) is 52.8 cm³/mol. The fourth-order valence-electron chi connectivity index (χ4n) is 0.323. The van der Waals surface area contributed by atoms with E-state index < -0.39 is 10.4 Å². The van der Waals surface area contributed by atoms with Crippen molar-refractivity contribution in [3.8, 4) is 0 Å². The lowest BCUT2D eigenvalue weighted by Gasteiger charge is -1.99. The highest BCUT2D eigenvalue weighted by Crippen LogP contribution is 1.93. The highest BCUT2D eigenvalue weighted by atomic mass is 32.3. The Morgan fingerprint density at radius 2 is 1.15 bits per heavy atom. The van der Waals surface area contributed by atoms with E-state index in [1.807, 2.05) is 0 Å². The zero-order chi connectivity index (χ0) is 10.7. The van der Waals surface area contributed by atoms with Gasteiger partial charge in [-0.1, -0.05) is 26.7 Å². The Morgan fingerprint density at radius 1 is 0.846 bits per heavy atom. The Hall–Kier alpha value is -0.130. The fraction of sp³-hybridized carbons (Fsp3) is 1.00. The van der Waals surface area contributed by atoms with Crippen molar-refractivity contribution in [1.29, 1.82) is 0 Å². The van der Waals surface area contributed by atoms with Gasteiger partial charge >= 0.3 is 10.4 Å². The van der Waals surface area contributed by atoms with Crippen LogP contribution < -0.4 is 0 Å². The van der Waals surface area contributed by atoms with E-state index >= 15 is 0 Å². The van der Waals surface area contributed by atoms with Crippen molar-refractivity contribution in [3.05, 3.63) is 0 Å². The summed E-state index contributed by atoms with van der Waals surface area (Å²) in [6, 6.07) is 0. The van der Waals surface area contributed by atoms with Crippen LogP contribution in [-0.4, -0.2) is 21.6 Å². The molecule has 0 rings (SSSR count). The van der Waals surface area contributed by atoms with Crippen LogP contribution in [0.15, 0.2) is 0 Å². The quantitative estimate of drug-likeness (QED) is 0.700. The maximum atomic E-state index is 10.4. The summed E-state index contributed by atoms with van der Waals surface area (Å²) < 4.78 is 29.2. The summed E-state index contributed by atoms with van der Waals surface area (Å²) in [5.41, 5.74) is 0. The molecule has 0 unspecified atom stereocenters. The van der Waals surface area contributed by atoms with Crippen LogP contribution in [0.1, 0.15) is 40.5 Å². The zero-order valence-corrected chi connectivity index (χ0v) is 9.69. The summed E-state index contributed by atoms with van der Waals surface area (Å²) in [4.78, 5) is 0. The standard InChI is InChI=1S/C4H10O4S.C4H10/c1-3-7-9(5,6)8-4-2;1-3-4-2/h3-4H2,1-2H3;3-4H2,1-2H3. The third kappa shape index (κ3) is 14.7. The van der Waals surface area contributed by atoms with Crippen molar-refractivity contribution in [3.63, 3.8) is 0 Å². The van der Waals surface area contributed by atoms with Crippen LogP contribution in [0.3, 0.4) is 0 Å². The molecule has 0 aromatic heterocycles. The van der Waals surface area contributed by atoms with Gasteiger partial charge in [-0.25, -0.2) is 8.37 Å². The summed E-state index contributed by atoms with van der Waals surface area (Å²) in [6.45, 7) is 7.75. The Balaban J connectivity index is 0. The molecule has 4 nitrogen and oxygen atoms in total. The number of hydrogen-bond acceptors (Lipinski definition) is 4. The average molecular weight is 212 g/mol. The summed E-state index contributed by atoms with van der Waals surface area (Å²) in [7, 11) is -3.68. The third-order valence-electron chi connectivity index (χ3n) is 1.02. The first kappa shape index (κ1) is 15.3. The van der Waals surface area contributed by atoms with Gasteiger partial charge in [-0.05, 0) is 13.8 Å². The van der Waals surface area contributed by atoms with Crippen molar-refractivity contribution in [2.24, 2.45) is 0 Å². The molecule has 0 saturated carbocycles. The Kier molecular flexibility index (Phi) is 11.8. The summed E-state index contributed by atoms with van der Waals surface area (Å²) in [5, 5.41) is 0. The number of unbranched alkanes of at least 4 members (excludes halogenated alkanes) is 1. The van der Waals surface area contributed by atoms with Gasteiger partial charge in [0, 0.05) is 0 Å². The summed E-state index contributed by atoms with van der Waals surface area (Å²) in [6.07, 6.45) is 2.64. The van der Waals surface area contributed by atoms with E-state index in [-0.39, 0.29) is 13.2 Å². The molecule has 0 spiro atoms. The first-order valence-corrected chi connectivity index (χ1v) is 5.91. The minimum Gasteiger partial charge on any atom is -0.248 e. The molecule has 0 N–H and O–H groups in total. The molecule has 0 aliphatic heterocycles. The van der Waals surface area contributed by atoms with Crippen molar-refractivity contribution in [1.82, 2.24) is 0 Å². The third-order valence-corrected chi connectivity index (χ3v) is 2.07. The van der Waals surface area contributed by atoms with Crippen LogP contribution in [0.2, 0.25) is 0 Å². The van der Waals surface area contributed by atoms with Gasteiger partial charge in [0.2, 0.25) is 0 Å². The summed E-state index contributed by atoms with van der Waals surface area (Å²) in [5.74, 6) is 0. The van der Waals surface area contributed by atoms with Crippen LogP contribution in [0.5, 0.6) is 0 Å². The second-order valence-corrected chi connectivity index (χ2v) is 3.51. The highest BCUT2D eigenvalue weighted by molar-refractivity contribution is 7.81. The molecule has 0 atom stereocenters. The van der Waals surface area contributed by atoms with E-state index in [1.165, 1.54) is 12.8 Å². The second-order valence-electron chi connectivity index (χ2n) is 2.22. The molecule has 0 aliphatic rings. The van der Waals surface area contributed by atoms with E-state index in [9.17, 15) is 8.42 Å². The monoisotopic (exact) mass is 212 g/mol. The minimum atomic E-state index is -3.68. The lowest BCUT2D eigenvalue weighted by molar-refractivity contribution is 0.231. The fourth-order valence-corrected chi connectivity index (χ4v) is 0.968. The zero-order valence-electron chi connectivity index (χ0n) is 8.87. The topological polar surface area (TPSA) is 52.6 Å². The van der Waals surface area contributed by atoms with Gasteiger partial charge in [-0.3, -0.25) is 0 Å². The van der Waals surface area contributed by atoms with Crippen LogP contribution in [-0.2, 0) is 18.8 Å². The van der Waals surface area contributed by atoms with Gasteiger partial charge in [-0.2, -0.15) is 8.42 Å². The van der Waals surface area contributed by atoms with Crippen molar-refractivity contribution >= 4 is 10.4 Å². The van der Waals surface area contributed by atoms with Gasteiger partial charge in [0.15, 0.2) is 0 Å². The lowest BCUT2D eigenvalue weighted by Crippen LogP contribution is -2.09. The molecule has 0 radical (unpaired) electrons. The van der Waals surface area contributed by atoms with Gasteiger partial charge in [0.25, 0.3) is 0 Å². The molecule has 5 heteroatoms. The molecule has 0 heterocycles. The largest absolute Gasteiger partial charge is 0.399 e. The SMILES string of the molecule is CCCC.CCOS(=O)(=O)OCC. The van der Waals surface area contributed by atoms with Crippen molar-refractivity contribution < 1.29 is 16.8 Å². The lowest BCUT2D eigenvalue weighted by atomic mass is 10.4. The van der Waals surface area contributed by atoms with E-state index in [2.05, 4.69) is 22.2 Å². The molecule has 0 fully saturated rings. The van der Waals surface area contributed by atoms with Gasteiger partial charge in [0.05, 0.1) is 13.2 Å². The number of hydrogen-bond donors (Lipinski definition) is 0. The molecule has 0 aliphatic carbocycles. The first-order valence-electron chi connectivity index (χ1n) is 4.57. The molecule has 0 amide bonds. The predicted octanol–water partition coefficient (Wildman–Crippen LogP) is 2.11. The molecule has 13 heavy (non-hydrogen) atoms. The van der Waals surface area contributed by atoms with Crippen LogP contribution in [0.25, 0.3) is 0 Å². The van der Waals surface area contributed by atoms with Crippen molar-refractivity contribution in [2.75, 3.05) is 13.2 Å². The Bertz CT molecular complexity index is 161.